The minimum atomic E-state index is 0. The molecule has 0 amide bonds. The summed E-state index contributed by atoms with van der Waals surface area (Å²) in [6.07, 6.45) is 4.44. The third-order valence-electron chi connectivity index (χ3n) is 3.36. The second-order valence-corrected chi connectivity index (χ2v) is 4.66. The summed E-state index contributed by atoms with van der Waals surface area (Å²) in [5.41, 5.74) is 7.06. The van der Waals surface area contributed by atoms with E-state index in [0.717, 1.165) is 19.6 Å². The minimum Gasteiger partial charge on any atom is -0.398 e. The Morgan fingerprint density at radius 1 is 1.17 bits per heavy atom. The monoisotopic (exact) mass is 268 g/mol. The summed E-state index contributed by atoms with van der Waals surface area (Å²) in [6.45, 7) is 3.14. The minimum absolute atomic E-state index is 0. The standard InChI is InChI=1S/C14H20N2O.ClH/c15-13-7-3-2-6-12(13)14(17)8-11-16-9-4-1-5-10-16;/h2-3,6-7H,1,4-5,8-11,15H2;1H. The van der Waals surface area contributed by atoms with Gasteiger partial charge in [0.05, 0.1) is 0 Å². The molecule has 0 spiro atoms. The number of carbonyl (C=O) groups is 1. The number of halogens is 1. The van der Waals surface area contributed by atoms with Gasteiger partial charge in [-0.15, -0.1) is 12.4 Å². The summed E-state index contributed by atoms with van der Waals surface area (Å²) in [7, 11) is 0. The predicted molar refractivity (Wildman–Crippen MR) is 77.3 cm³/mol. The molecule has 1 aliphatic heterocycles. The zero-order valence-electron chi connectivity index (χ0n) is 10.6. The van der Waals surface area contributed by atoms with Gasteiger partial charge >= 0.3 is 0 Å². The Kier molecular flexibility index (Phi) is 6.16. The van der Waals surface area contributed by atoms with Crippen molar-refractivity contribution in [3.8, 4) is 0 Å². The lowest BCUT2D eigenvalue weighted by Crippen LogP contribution is -2.31. The maximum Gasteiger partial charge on any atom is 0.166 e. The van der Waals surface area contributed by atoms with Crippen LogP contribution in [0, 0.1) is 0 Å². The molecule has 1 aromatic rings. The average molecular weight is 269 g/mol. The van der Waals surface area contributed by atoms with Gasteiger partial charge in [0.15, 0.2) is 5.78 Å². The normalized spacial score (nSPS) is 16.0. The molecule has 1 aliphatic rings. The second-order valence-electron chi connectivity index (χ2n) is 4.66. The number of Topliss-reactive ketones (excluding diaryl/α,β-unsaturated/α-hetero) is 1. The highest BCUT2D eigenvalue weighted by atomic mass is 35.5. The van der Waals surface area contributed by atoms with Crippen molar-refractivity contribution in [3.05, 3.63) is 29.8 Å². The molecule has 0 aromatic heterocycles. The van der Waals surface area contributed by atoms with Crippen LogP contribution in [0.25, 0.3) is 0 Å². The van der Waals surface area contributed by atoms with Crippen molar-refractivity contribution in [2.75, 3.05) is 25.4 Å². The van der Waals surface area contributed by atoms with Crippen LogP contribution < -0.4 is 5.73 Å². The van der Waals surface area contributed by atoms with E-state index < -0.39 is 0 Å². The molecule has 18 heavy (non-hydrogen) atoms. The number of piperidine rings is 1. The Bertz CT molecular complexity index is 389. The zero-order valence-corrected chi connectivity index (χ0v) is 11.4. The van der Waals surface area contributed by atoms with Gasteiger partial charge in [-0.1, -0.05) is 18.6 Å². The molecular formula is C14H21ClN2O. The van der Waals surface area contributed by atoms with Gasteiger partial charge in [-0.2, -0.15) is 0 Å². The molecule has 2 N–H and O–H groups in total. The van der Waals surface area contributed by atoms with Crippen molar-refractivity contribution in [3.63, 3.8) is 0 Å². The van der Waals surface area contributed by atoms with E-state index >= 15 is 0 Å². The molecule has 1 heterocycles. The van der Waals surface area contributed by atoms with E-state index in [1.807, 2.05) is 18.2 Å². The van der Waals surface area contributed by atoms with Crippen molar-refractivity contribution in [1.29, 1.82) is 0 Å². The molecule has 2 rings (SSSR count). The van der Waals surface area contributed by atoms with Crippen LogP contribution >= 0.6 is 12.4 Å². The number of nitrogen functional groups attached to an aromatic ring is 1. The van der Waals surface area contributed by atoms with Crippen molar-refractivity contribution < 1.29 is 4.79 Å². The Labute approximate surface area is 115 Å². The molecule has 0 aliphatic carbocycles. The SMILES string of the molecule is Cl.Nc1ccccc1C(=O)CCN1CCCCC1. The zero-order chi connectivity index (χ0) is 12.1. The average Bonchev–Trinajstić information content (AvgIpc) is 2.38. The summed E-state index contributed by atoms with van der Waals surface area (Å²) in [5, 5.41) is 0. The Hall–Kier alpha value is -1.06. The summed E-state index contributed by atoms with van der Waals surface area (Å²) in [4.78, 5) is 14.4. The largest absolute Gasteiger partial charge is 0.398 e. The molecule has 1 saturated heterocycles. The summed E-state index contributed by atoms with van der Waals surface area (Å²) in [6, 6.07) is 7.32. The maximum absolute atomic E-state index is 12.0. The number of benzene rings is 1. The van der Waals surface area contributed by atoms with Gasteiger partial charge in [0, 0.05) is 24.2 Å². The summed E-state index contributed by atoms with van der Waals surface area (Å²) < 4.78 is 0. The number of para-hydroxylation sites is 1. The van der Waals surface area contributed by atoms with Gasteiger partial charge in [-0.25, -0.2) is 0 Å². The van der Waals surface area contributed by atoms with E-state index in [1.165, 1.54) is 19.3 Å². The molecular weight excluding hydrogens is 248 g/mol. The van der Waals surface area contributed by atoms with Crippen LogP contribution in [-0.4, -0.2) is 30.3 Å². The first-order valence-corrected chi connectivity index (χ1v) is 6.37. The van der Waals surface area contributed by atoms with E-state index in [0.29, 0.717) is 17.7 Å². The highest BCUT2D eigenvalue weighted by Gasteiger charge is 2.13. The highest BCUT2D eigenvalue weighted by Crippen LogP contribution is 2.14. The van der Waals surface area contributed by atoms with Crippen LogP contribution in [0.3, 0.4) is 0 Å². The molecule has 4 heteroatoms. The number of rotatable bonds is 4. The summed E-state index contributed by atoms with van der Waals surface area (Å²) >= 11 is 0. The number of nitrogens with zero attached hydrogens (tertiary/aromatic N) is 1. The smallest absolute Gasteiger partial charge is 0.166 e. The molecule has 0 bridgehead atoms. The Balaban J connectivity index is 0.00000162. The molecule has 0 atom stereocenters. The number of anilines is 1. The van der Waals surface area contributed by atoms with Crippen LogP contribution in [0.1, 0.15) is 36.0 Å². The number of likely N-dealkylation sites (tertiary alicyclic amines) is 1. The fourth-order valence-corrected chi connectivity index (χ4v) is 2.33. The Morgan fingerprint density at radius 3 is 2.50 bits per heavy atom. The van der Waals surface area contributed by atoms with E-state index in [1.54, 1.807) is 6.07 Å². The molecule has 3 nitrogen and oxygen atoms in total. The number of nitrogens with two attached hydrogens (primary N) is 1. The molecule has 0 saturated carbocycles. The lowest BCUT2D eigenvalue weighted by atomic mass is 10.1. The van der Waals surface area contributed by atoms with Crippen LogP contribution in [0.2, 0.25) is 0 Å². The highest BCUT2D eigenvalue weighted by molar-refractivity contribution is 6.00. The summed E-state index contributed by atoms with van der Waals surface area (Å²) in [5.74, 6) is 0.161. The van der Waals surface area contributed by atoms with E-state index in [2.05, 4.69) is 4.90 Å². The van der Waals surface area contributed by atoms with E-state index in [-0.39, 0.29) is 18.2 Å². The molecule has 0 radical (unpaired) electrons. The first kappa shape index (κ1) is 15.0. The molecule has 100 valence electrons. The lowest BCUT2D eigenvalue weighted by molar-refractivity contribution is 0.0959. The number of carbonyl (C=O) groups excluding carboxylic acids is 1. The topological polar surface area (TPSA) is 46.3 Å². The quantitative estimate of drug-likeness (QED) is 0.675. The molecule has 1 fully saturated rings. The first-order chi connectivity index (χ1) is 8.27. The van der Waals surface area contributed by atoms with Crippen molar-refractivity contribution in [2.24, 2.45) is 0 Å². The van der Waals surface area contributed by atoms with Gasteiger partial charge in [-0.05, 0) is 38.1 Å². The van der Waals surface area contributed by atoms with E-state index in [4.69, 9.17) is 5.73 Å². The molecule has 1 aromatic carbocycles. The van der Waals surface area contributed by atoms with Crippen LogP contribution in [0.4, 0.5) is 5.69 Å². The Morgan fingerprint density at radius 2 is 1.83 bits per heavy atom. The molecule has 0 unspecified atom stereocenters. The van der Waals surface area contributed by atoms with Gasteiger partial charge < -0.3 is 10.6 Å². The van der Waals surface area contributed by atoms with Gasteiger partial charge in [-0.3, -0.25) is 4.79 Å². The van der Waals surface area contributed by atoms with Crippen molar-refractivity contribution in [2.45, 2.75) is 25.7 Å². The van der Waals surface area contributed by atoms with Gasteiger partial charge in [0.25, 0.3) is 0 Å². The van der Waals surface area contributed by atoms with E-state index in [9.17, 15) is 4.79 Å². The van der Waals surface area contributed by atoms with Crippen LogP contribution in [0.15, 0.2) is 24.3 Å². The fourth-order valence-electron chi connectivity index (χ4n) is 2.33. The number of ketones is 1. The first-order valence-electron chi connectivity index (χ1n) is 6.37. The van der Waals surface area contributed by atoms with Crippen molar-refractivity contribution >= 4 is 23.9 Å². The second kappa shape index (κ2) is 7.39. The van der Waals surface area contributed by atoms with Crippen LogP contribution in [-0.2, 0) is 0 Å². The van der Waals surface area contributed by atoms with Gasteiger partial charge in [0.2, 0.25) is 0 Å². The van der Waals surface area contributed by atoms with Crippen LogP contribution in [0.5, 0.6) is 0 Å². The third-order valence-corrected chi connectivity index (χ3v) is 3.36. The maximum atomic E-state index is 12.0. The third kappa shape index (κ3) is 4.00. The number of hydrogen-bond donors (Lipinski definition) is 1. The fraction of sp³-hybridized carbons (Fsp3) is 0.500. The lowest BCUT2D eigenvalue weighted by Gasteiger charge is -2.25. The van der Waals surface area contributed by atoms with Crippen molar-refractivity contribution in [1.82, 2.24) is 4.90 Å². The number of hydrogen-bond acceptors (Lipinski definition) is 3. The predicted octanol–water partition coefficient (Wildman–Crippen LogP) is 2.75. The van der Waals surface area contributed by atoms with Gasteiger partial charge in [0.1, 0.15) is 0 Å².